The summed E-state index contributed by atoms with van der Waals surface area (Å²) in [6.07, 6.45) is 1.73. The summed E-state index contributed by atoms with van der Waals surface area (Å²) >= 11 is 0. The first-order valence-corrected chi connectivity index (χ1v) is 9.90. The Labute approximate surface area is 180 Å². The largest absolute Gasteiger partial charge is 0.489 e. The van der Waals surface area contributed by atoms with Crippen molar-refractivity contribution < 1.29 is 13.9 Å². The Balaban J connectivity index is 1.44. The van der Waals surface area contributed by atoms with Crippen LogP contribution >= 0.6 is 0 Å². The molecule has 0 saturated heterocycles. The first-order valence-electron chi connectivity index (χ1n) is 9.90. The topological polar surface area (TPSA) is 56.1 Å². The van der Waals surface area contributed by atoms with Gasteiger partial charge in [-0.1, -0.05) is 30.3 Å². The van der Waals surface area contributed by atoms with E-state index < -0.39 is 0 Å². The molecule has 6 heteroatoms. The van der Waals surface area contributed by atoms with E-state index in [-0.39, 0.29) is 18.3 Å². The minimum absolute atomic E-state index is 0.226. The molecule has 4 rings (SSSR count). The lowest BCUT2D eigenvalue weighted by atomic mass is 10.1. The van der Waals surface area contributed by atoms with Gasteiger partial charge >= 0.3 is 0 Å². The lowest BCUT2D eigenvalue weighted by Gasteiger charge is -2.11. The van der Waals surface area contributed by atoms with Gasteiger partial charge in [-0.05, 0) is 67.4 Å². The van der Waals surface area contributed by atoms with Crippen LogP contribution in [0.5, 0.6) is 5.75 Å². The van der Waals surface area contributed by atoms with Crippen LogP contribution in [-0.2, 0) is 6.61 Å². The molecule has 1 heterocycles. The van der Waals surface area contributed by atoms with E-state index in [1.807, 2.05) is 56.3 Å². The first kappa shape index (κ1) is 20.3. The van der Waals surface area contributed by atoms with E-state index in [4.69, 9.17) is 4.74 Å². The second-order valence-electron chi connectivity index (χ2n) is 7.26. The first-order chi connectivity index (χ1) is 15.0. The van der Waals surface area contributed by atoms with Crippen LogP contribution in [0, 0.1) is 19.7 Å². The number of aromatic nitrogens is 2. The fourth-order valence-electron chi connectivity index (χ4n) is 3.25. The molecule has 156 valence electrons. The summed E-state index contributed by atoms with van der Waals surface area (Å²) in [4.78, 5) is 12.8. The highest BCUT2D eigenvalue weighted by Gasteiger charge is 2.15. The molecule has 0 radical (unpaired) electrons. The normalized spacial score (nSPS) is 10.7. The Kier molecular flexibility index (Phi) is 5.80. The maximum atomic E-state index is 13.3. The highest BCUT2D eigenvalue weighted by molar-refractivity contribution is 6.05. The summed E-state index contributed by atoms with van der Waals surface area (Å²) < 4.78 is 20.7. The molecule has 1 aromatic heterocycles. The van der Waals surface area contributed by atoms with E-state index in [0.29, 0.717) is 22.7 Å². The number of carbonyl (C=O) groups is 1. The molecule has 5 nitrogen and oxygen atoms in total. The third-order valence-corrected chi connectivity index (χ3v) is 4.90. The SMILES string of the molecule is Cc1cc(OCc2cccc(F)c2)ccc1NC(=O)c1cn(-c2ccccc2)nc1C. The molecule has 0 saturated carbocycles. The quantitative estimate of drug-likeness (QED) is 0.455. The van der Waals surface area contributed by atoms with Crippen LogP contribution in [0.3, 0.4) is 0 Å². The van der Waals surface area contributed by atoms with Crippen LogP contribution in [0.25, 0.3) is 5.69 Å². The van der Waals surface area contributed by atoms with Crippen molar-refractivity contribution in [1.82, 2.24) is 9.78 Å². The van der Waals surface area contributed by atoms with E-state index in [1.54, 1.807) is 29.1 Å². The second kappa shape index (κ2) is 8.83. The van der Waals surface area contributed by atoms with Crippen molar-refractivity contribution in [2.45, 2.75) is 20.5 Å². The van der Waals surface area contributed by atoms with Gasteiger partial charge in [0.1, 0.15) is 18.2 Å². The van der Waals surface area contributed by atoms with Crippen LogP contribution in [0.1, 0.15) is 27.2 Å². The van der Waals surface area contributed by atoms with Crippen molar-refractivity contribution >= 4 is 11.6 Å². The molecule has 1 amide bonds. The molecule has 0 aliphatic heterocycles. The zero-order chi connectivity index (χ0) is 21.8. The van der Waals surface area contributed by atoms with Crippen LogP contribution in [0.4, 0.5) is 10.1 Å². The number of ether oxygens (including phenoxy) is 1. The average molecular weight is 415 g/mol. The predicted octanol–water partition coefficient (Wildman–Crippen LogP) is 5.46. The molecule has 0 fully saturated rings. The van der Waals surface area contributed by atoms with E-state index in [0.717, 1.165) is 16.8 Å². The van der Waals surface area contributed by atoms with E-state index in [1.165, 1.54) is 12.1 Å². The number of hydrogen-bond donors (Lipinski definition) is 1. The number of amides is 1. The molecule has 0 aliphatic carbocycles. The highest BCUT2D eigenvalue weighted by Crippen LogP contribution is 2.23. The van der Waals surface area contributed by atoms with Gasteiger partial charge in [0.25, 0.3) is 5.91 Å². The Morgan fingerprint density at radius 2 is 1.84 bits per heavy atom. The number of carbonyl (C=O) groups excluding carboxylic acids is 1. The highest BCUT2D eigenvalue weighted by atomic mass is 19.1. The van der Waals surface area contributed by atoms with Crippen molar-refractivity contribution in [3.05, 3.63) is 107 Å². The number of hydrogen-bond acceptors (Lipinski definition) is 3. The van der Waals surface area contributed by atoms with E-state index in [2.05, 4.69) is 10.4 Å². The van der Waals surface area contributed by atoms with E-state index in [9.17, 15) is 9.18 Å². The minimum atomic E-state index is -0.291. The van der Waals surface area contributed by atoms with Gasteiger partial charge in [-0.25, -0.2) is 9.07 Å². The van der Waals surface area contributed by atoms with Gasteiger partial charge in [-0.2, -0.15) is 5.10 Å². The summed E-state index contributed by atoms with van der Waals surface area (Å²) in [6.45, 7) is 3.97. The van der Waals surface area contributed by atoms with Gasteiger partial charge in [0, 0.05) is 11.9 Å². The van der Waals surface area contributed by atoms with Gasteiger partial charge in [0.05, 0.1) is 16.9 Å². The minimum Gasteiger partial charge on any atom is -0.489 e. The summed E-state index contributed by atoms with van der Waals surface area (Å²) in [6, 6.07) is 21.4. The summed E-state index contributed by atoms with van der Waals surface area (Å²) in [7, 11) is 0. The molecular weight excluding hydrogens is 393 g/mol. The van der Waals surface area contributed by atoms with Crippen LogP contribution < -0.4 is 10.1 Å². The maximum Gasteiger partial charge on any atom is 0.259 e. The van der Waals surface area contributed by atoms with Crippen molar-refractivity contribution in [2.75, 3.05) is 5.32 Å². The molecule has 3 aromatic carbocycles. The molecule has 0 spiro atoms. The van der Waals surface area contributed by atoms with Gasteiger partial charge in [0.2, 0.25) is 0 Å². The van der Waals surface area contributed by atoms with Gasteiger partial charge in [-0.3, -0.25) is 4.79 Å². The van der Waals surface area contributed by atoms with Crippen LogP contribution in [0.15, 0.2) is 79.0 Å². The number of para-hydroxylation sites is 1. The third-order valence-electron chi connectivity index (χ3n) is 4.90. The lowest BCUT2D eigenvalue weighted by molar-refractivity contribution is 0.102. The van der Waals surface area contributed by atoms with Gasteiger partial charge in [0.15, 0.2) is 0 Å². The molecule has 0 bridgehead atoms. The summed E-state index contributed by atoms with van der Waals surface area (Å²) in [5.41, 5.74) is 4.35. The molecular formula is C25H22FN3O2. The smallest absolute Gasteiger partial charge is 0.259 e. The van der Waals surface area contributed by atoms with E-state index >= 15 is 0 Å². The van der Waals surface area contributed by atoms with Crippen molar-refractivity contribution in [1.29, 1.82) is 0 Å². The number of nitrogens with one attached hydrogen (secondary N) is 1. The summed E-state index contributed by atoms with van der Waals surface area (Å²) in [5, 5.41) is 7.39. The monoisotopic (exact) mass is 415 g/mol. The number of nitrogens with zero attached hydrogens (tertiary/aromatic N) is 2. The second-order valence-corrected chi connectivity index (χ2v) is 7.26. The molecule has 4 aromatic rings. The van der Waals surface area contributed by atoms with Crippen LogP contribution in [-0.4, -0.2) is 15.7 Å². The Morgan fingerprint density at radius 1 is 1.03 bits per heavy atom. The Morgan fingerprint density at radius 3 is 2.58 bits per heavy atom. The van der Waals surface area contributed by atoms with Crippen molar-refractivity contribution in [2.24, 2.45) is 0 Å². The van der Waals surface area contributed by atoms with Gasteiger partial charge < -0.3 is 10.1 Å². The maximum absolute atomic E-state index is 13.3. The Hall–Kier alpha value is -3.93. The van der Waals surface area contributed by atoms with Crippen molar-refractivity contribution in [3.63, 3.8) is 0 Å². The fourth-order valence-corrected chi connectivity index (χ4v) is 3.25. The summed E-state index contributed by atoms with van der Waals surface area (Å²) in [5.74, 6) is 0.130. The molecule has 0 unspecified atom stereocenters. The molecule has 0 atom stereocenters. The fraction of sp³-hybridized carbons (Fsp3) is 0.120. The van der Waals surface area contributed by atoms with Crippen LogP contribution in [0.2, 0.25) is 0 Å². The number of halogens is 1. The zero-order valence-corrected chi connectivity index (χ0v) is 17.3. The molecule has 0 aliphatic rings. The number of anilines is 1. The van der Waals surface area contributed by atoms with Crippen molar-refractivity contribution in [3.8, 4) is 11.4 Å². The zero-order valence-electron chi connectivity index (χ0n) is 17.3. The average Bonchev–Trinajstić information content (AvgIpc) is 3.16. The predicted molar refractivity (Wildman–Crippen MR) is 118 cm³/mol. The van der Waals surface area contributed by atoms with Gasteiger partial charge in [-0.15, -0.1) is 0 Å². The third kappa shape index (κ3) is 4.80. The Bertz CT molecular complexity index is 1220. The number of aryl methyl sites for hydroxylation is 2. The lowest BCUT2D eigenvalue weighted by Crippen LogP contribution is -2.13. The molecule has 31 heavy (non-hydrogen) atoms. The molecule has 1 N–H and O–H groups in total. The standard InChI is InChI=1S/C25H22FN3O2/c1-17-13-22(31-16-19-7-6-8-20(26)14-19)11-12-24(17)27-25(30)23-15-29(28-18(23)2)21-9-4-3-5-10-21/h3-15H,16H2,1-2H3,(H,27,30). The number of rotatable bonds is 6. The number of benzene rings is 3.